The van der Waals surface area contributed by atoms with Crippen molar-refractivity contribution in [3.63, 3.8) is 0 Å². The predicted molar refractivity (Wildman–Crippen MR) is 116 cm³/mol. The van der Waals surface area contributed by atoms with Gasteiger partial charge in [-0.25, -0.2) is 13.4 Å². The molecule has 1 aliphatic heterocycles. The molecule has 2 aliphatic rings. The lowest BCUT2D eigenvalue weighted by Gasteiger charge is -2.28. The second-order valence-corrected chi connectivity index (χ2v) is 9.95. The quantitative estimate of drug-likeness (QED) is 0.693. The van der Waals surface area contributed by atoms with E-state index in [1.807, 2.05) is 0 Å². The zero-order chi connectivity index (χ0) is 22.0. The van der Waals surface area contributed by atoms with Gasteiger partial charge in [0.1, 0.15) is 5.82 Å². The van der Waals surface area contributed by atoms with E-state index in [1.165, 1.54) is 12.1 Å². The van der Waals surface area contributed by atoms with E-state index in [0.717, 1.165) is 37.5 Å². The normalized spacial score (nSPS) is 18.0. The Morgan fingerprint density at radius 1 is 1.10 bits per heavy atom. The Morgan fingerprint density at radius 2 is 1.81 bits per heavy atom. The number of amides is 2. The van der Waals surface area contributed by atoms with Crippen molar-refractivity contribution < 1.29 is 18.0 Å². The van der Waals surface area contributed by atoms with Gasteiger partial charge in [0.25, 0.3) is 0 Å². The van der Waals surface area contributed by atoms with Crippen molar-refractivity contribution in [2.45, 2.75) is 49.5 Å². The van der Waals surface area contributed by atoms with Crippen molar-refractivity contribution in [3.05, 3.63) is 36.0 Å². The molecule has 9 nitrogen and oxygen atoms in total. The van der Waals surface area contributed by atoms with Crippen molar-refractivity contribution in [1.82, 2.24) is 15.3 Å². The molecule has 1 aliphatic carbocycles. The van der Waals surface area contributed by atoms with Crippen LogP contribution in [0.2, 0.25) is 0 Å². The minimum atomic E-state index is -3.28. The van der Waals surface area contributed by atoms with E-state index in [2.05, 4.69) is 20.6 Å². The topological polar surface area (TPSA) is 121 Å². The summed E-state index contributed by atoms with van der Waals surface area (Å²) in [7, 11) is -3.28. The van der Waals surface area contributed by atoms with Gasteiger partial charge in [-0.2, -0.15) is 4.98 Å². The van der Waals surface area contributed by atoms with E-state index in [9.17, 15) is 18.0 Å². The Hall–Kier alpha value is -3.01. The summed E-state index contributed by atoms with van der Waals surface area (Å²) in [6.07, 6.45) is 7.86. The molecule has 0 saturated heterocycles. The van der Waals surface area contributed by atoms with Crippen LogP contribution >= 0.6 is 0 Å². The third-order valence-corrected chi connectivity index (χ3v) is 6.75. The highest BCUT2D eigenvalue weighted by molar-refractivity contribution is 7.90. The van der Waals surface area contributed by atoms with Crippen molar-refractivity contribution in [1.29, 1.82) is 0 Å². The molecule has 0 atom stereocenters. The van der Waals surface area contributed by atoms with E-state index in [-0.39, 0.29) is 16.9 Å². The first kappa shape index (κ1) is 21.2. The maximum absolute atomic E-state index is 13.0. The highest BCUT2D eigenvalue weighted by Gasteiger charge is 2.35. The monoisotopic (exact) mass is 443 g/mol. The van der Waals surface area contributed by atoms with Crippen LogP contribution in [-0.4, -0.2) is 49.0 Å². The molecule has 2 heterocycles. The Bertz CT molecular complexity index is 1100. The van der Waals surface area contributed by atoms with Crippen LogP contribution < -0.4 is 15.5 Å². The smallest absolute Gasteiger partial charge is 0.317 e. The van der Waals surface area contributed by atoms with Gasteiger partial charge in [0.2, 0.25) is 5.95 Å². The van der Waals surface area contributed by atoms with E-state index in [1.54, 1.807) is 23.2 Å². The Balaban J connectivity index is 1.68. The summed E-state index contributed by atoms with van der Waals surface area (Å²) in [6, 6.07) is 6.22. The average Bonchev–Trinajstić information content (AvgIpc) is 3.27. The van der Waals surface area contributed by atoms with Gasteiger partial charge in [-0.1, -0.05) is 12.8 Å². The number of hydrogen-bond donors (Lipinski definition) is 2. The van der Waals surface area contributed by atoms with E-state index in [4.69, 9.17) is 0 Å². The molecular weight excluding hydrogens is 418 g/mol. The van der Waals surface area contributed by atoms with Gasteiger partial charge in [-0.3, -0.25) is 14.5 Å². The fraction of sp³-hybridized carbons (Fsp3) is 0.429. The highest BCUT2D eigenvalue weighted by atomic mass is 32.2. The van der Waals surface area contributed by atoms with Gasteiger partial charge >= 0.3 is 11.8 Å². The standard InChI is InChI=1S/C21H25N5O4S/c1-31(29,30)17-10-8-15(9-11-17)24-21-23-13-14-5-4-12-22-19(27)20(28)26(18(14)25-21)16-6-2-3-7-16/h8-11,13,16H,2-7,12H2,1H3,(H,22,27)(H,23,24,25). The number of benzene rings is 1. The van der Waals surface area contributed by atoms with Crippen LogP contribution in [0.15, 0.2) is 35.4 Å². The molecule has 2 aromatic rings. The molecule has 164 valence electrons. The molecule has 1 aromatic carbocycles. The summed E-state index contributed by atoms with van der Waals surface area (Å²) in [6.45, 7) is 0.426. The van der Waals surface area contributed by atoms with Crippen molar-refractivity contribution >= 4 is 39.1 Å². The zero-order valence-corrected chi connectivity index (χ0v) is 18.1. The summed E-state index contributed by atoms with van der Waals surface area (Å²) >= 11 is 0. The molecule has 4 rings (SSSR count). The molecule has 0 radical (unpaired) electrons. The predicted octanol–water partition coefficient (Wildman–Crippen LogP) is 1.96. The van der Waals surface area contributed by atoms with Crippen LogP contribution in [0.3, 0.4) is 0 Å². The van der Waals surface area contributed by atoms with Crippen LogP contribution in [0, 0.1) is 0 Å². The van der Waals surface area contributed by atoms with Gasteiger partial charge in [-0.15, -0.1) is 0 Å². The molecule has 0 spiro atoms. The number of hydrogen-bond acceptors (Lipinski definition) is 7. The van der Waals surface area contributed by atoms with Gasteiger partial charge in [-0.05, 0) is 49.9 Å². The van der Waals surface area contributed by atoms with Gasteiger partial charge in [0, 0.05) is 36.3 Å². The minimum absolute atomic E-state index is 0.0631. The second kappa shape index (κ2) is 8.62. The SMILES string of the molecule is CS(=O)(=O)c1ccc(Nc2ncc3c(n2)N(C2CCCC2)C(=O)C(=O)NCCC3)cc1. The molecule has 0 bridgehead atoms. The van der Waals surface area contributed by atoms with Crippen molar-refractivity contribution in [2.24, 2.45) is 0 Å². The van der Waals surface area contributed by atoms with Crippen molar-refractivity contribution in [3.8, 4) is 0 Å². The number of nitrogens with one attached hydrogen (secondary N) is 2. The summed E-state index contributed by atoms with van der Waals surface area (Å²) in [5.41, 5.74) is 1.45. The molecular formula is C21H25N5O4S. The molecule has 10 heteroatoms. The summed E-state index contributed by atoms with van der Waals surface area (Å²) in [5, 5.41) is 5.76. The lowest BCUT2D eigenvalue weighted by Crippen LogP contribution is -2.48. The van der Waals surface area contributed by atoms with Gasteiger partial charge in [0.15, 0.2) is 9.84 Å². The number of nitrogens with zero attached hydrogens (tertiary/aromatic N) is 3. The third kappa shape index (κ3) is 4.68. The first-order chi connectivity index (χ1) is 14.8. The molecule has 1 aromatic heterocycles. The van der Waals surface area contributed by atoms with Crippen LogP contribution in [0.1, 0.15) is 37.7 Å². The van der Waals surface area contributed by atoms with Gasteiger partial charge in [0.05, 0.1) is 4.90 Å². The number of aryl methyl sites for hydroxylation is 1. The van der Waals surface area contributed by atoms with Gasteiger partial charge < -0.3 is 10.6 Å². The van der Waals surface area contributed by atoms with Crippen molar-refractivity contribution in [2.75, 3.05) is 23.0 Å². The Morgan fingerprint density at radius 3 is 2.48 bits per heavy atom. The average molecular weight is 444 g/mol. The number of rotatable bonds is 4. The minimum Gasteiger partial charge on any atom is -0.348 e. The number of sulfone groups is 1. The molecule has 0 unspecified atom stereocenters. The first-order valence-corrected chi connectivity index (χ1v) is 12.3. The largest absolute Gasteiger partial charge is 0.348 e. The number of aromatic nitrogens is 2. The second-order valence-electron chi connectivity index (χ2n) is 7.94. The molecule has 2 amide bonds. The van der Waals surface area contributed by atoms with E-state index >= 15 is 0 Å². The fourth-order valence-electron chi connectivity index (χ4n) is 4.02. The number of fused-ring (bicyclic) bond motifs is 1. The molecule has 2 N–H and O–H groups in total. The molecule has 1 fully saturated rings. The number of carbonyl (C=O) groups is 2. The van der Waals surface area contributed by atoms with E-state index < -0.39 is 21.7 Å². The first-order valence-electron chi connectivity index (χ1n) is 10.4. The number of carbonyl (C=O) groups excluding carboxylic acids is 2. The zero-order valence-electron chi connectivity index (χ0n) is 17.3. The lowest BCUT2D eigenvalue weighted by molar-refractivity contribution is -0.137. The third-order valence-electron chi connectivity index (χ3n) is 5.62. The highest BCUT2D eigenvalue weighted by Crippen LogP contribution is 2.31. The van der Waals surface area contributed by atoms with E-state index in [0.29, 0.717) is 30.9 Å². The fourth-order valence-corrected chi connectivity index (χ4v) is 4.65. The summed E-state index contributed by atoms with van der Waals surface area (Å²) in [5.74, 6) is -0.443. The molecule has 1 saturated carbocycles. The van der Waals surface area contributed by atoms with Crippen LogP contribution in [0.4, 0.5) is 17.5 Å². The Labute approximate surface area is 181 Å². The molecule has 31 heavy (non-hydrogen) atoms. The van der Waals surface area contributed by atoms with Crippen LogP contribution in [0.5, 0.6) is 0 Å². The number of anilines is 3. The maximum Gasteiger partial charge on any atom is 0.317 e. The Kier molecular flexibility index (Phi) is 5.90. The lowest BCUT2D eigenvalue weighted by atomic mass is 10.1. The maximum atomic E-state index is 13.0. The van der Waals surface area contributed by atoms with Crippen LogP contribution in [-0.2, 0) is 25.8 Å². The summed E-state index contributed by atoms with van der Waals surface area (Å²) in [4.78, 5) is 36.1. The summed E-state index contributed by atoms with van der Waals surface area (Å²) < 4.78 is 23.3. The van der Waals surface area contributed by atoms with Crippen LogP contribution in [0.25, 0.3) is 0 Å².